The molecule has 3 aromatic rings. The number of nitrogens with one attached hydrogen (secondary N) is 1. The molecular formula is C12H8BrN3OS2. The third-order valence-electron chi connectivity index (χ3n) is 2.44. The van der Waals surface area contributed by atoms with Crippen molar-refractivity contribution in [2.45, 2.75) is 10.9 Å². The smallest absolute Gasteiger partial charge is 0.271 e. The Morgan fingerprint density at radius 3 is 2.84 bits per heavy atom. The molecule has 4 nitrogen and oxygen atoms in total. The fourth-order valence-corrected chi connectivity index (χ4v) is 3.67. The summed E-state index contributed by atoms with van der Waals surface area (Å²) in [6.45, 7) is 0. The van der Waals surface area contributed by atoms with Gasteiger partial charge in [-0.05, 0) is 21.5 Å². The summed E-state index contributed by atoms with van der Waals surface area (Å²) >= 11 is 6.05. The first kappa shape index (κ1) is 12.8. The molecule has 0 fully saturated rings. The second-order valence-corrected chi connectivity index (χ2v) is 7.00. The summed E-state index contributed by atoms with van der Waals surface area (Å²) < 4.78 is 1.22. The first-order chi connectivity index (χ1) is 9.22. The molecule has 0 atom stereocenters. The van der Waals surface area contributed by atoms with Crippen LogP contribution in [0.2, 0.25) is 0 Å². The van der Waals surface area contributed by atoms with E-state index in [4.69, 9.17) is 0 Å². The number of aromatic nitrogens is 3. The molecule has 0 saturated heterocycles. The summed E-state index contributed by atoms with van der Waals surface area (Å²) in [6, 6.07) is 10.1. The van der Waals surface area contributed by atoms with Gasteiger partial charge >= 0.3 is 0 Å². The molecule has 1 N–H and O–H groups in total. The predicted octanol–water partition coefficient (Wildman–Crippen LogP) is 3.43. The lowest BCUT2D eigenvalue weighted by Crippen LogP contribution is -2.07. The zero-order valence-electron chi connectivity index (χ0n) is 9.59. The summed E-state index contributed by atoms with van der Waals surface area (Å²) in [5.41, 5.74) is 1.55. The maximum atomic E-state index is 11.9. The second kappa shape index (κ2) is 5.44. The van der Waals surface area contributed by atoms with Crippen molar-refractivity contribution in [2.75, 3.05) is 0 Å². The monoisotopic (exact) mass is 353 g/mol. The van der Waals surface area contributed by atoms with Gasteiger partial charge in [0.25, 0.3) is 5.56 Å². The Hall–Kier alpha value is -1.18. The van der Waals surface area contributed by atoms with E-state index < -0.39 is 0 Å². The number of benzene rings is 1. The molecule has 1 aromatic carbocycles. The predicted molar refractivity (Wildman–Crippen MR) is 81.7 cm³/mol. The van der Waals surface area contributed by atoms with Crippen molar-refractivity contribution >= 4 is 49.4 Å². The molecule has 7 heteroatoms. The molecule has 3 rings (SSSR count). The molecule has 0 radical (unpaired) electrons. The number of nitrogens with zero attached hydrogens (tertiary/aromatic N) is 2. The number of hydrogen-bond donors (Lipinski definition) is 1. The number of hydrogen-bond acceptors (Lipinski definition) is 5. The number of H-pyrrole nitrogens is 1. The number of aromatic amines is 1. The summed E-state index contributed by atoms with van der Waals surface area (Å²) in [7, 11) is 0. The van der Waals surface area contributed by atoms with Gasteiger partial charge in [-0.1, -0.05) is 53.4 Å². The minimum absolute atomic E-state index is 0.135. The Morgan fingerprint density at radius 2 is 2.05 bits per heavy atom. The molecular weight excluding hydrogens is 346 g/mol. The lowest BCUT2D eigenvalue weighted by atomic mass is 10.2. The molecule has 96 valence electrons. The van der Waals surface area contributed by atoms with E-state index in [0.717, 1.165) is 5.75 Å². The normalized spacial score (nSPS) is 11.0. The fourth-order valence-electron chi connectivity index (χ4n) is 1.58. The van der Waals surface area contributed by atoms with Crippen LogP contribution >= 0.6 is 39.0 Å². The highest BCUT2D eigenvalue weighted by Gasteiger charge is 2.09. The molecule has 0 bridgehead atoms. The standard InChI is InChI=1S/C12H8BrN3OS2/c13-11-14-9-8(19-11)10(17)16-12(15-9)18-6-7-4-2-1-3-5-7/h1-5H,6H2,(H,15,16,17). The largest absolute Gasteiger partial charge is 0.300 e. The molecule has 0 aliphatic carbocycles. The van der Waals surface area contributed by atoms with Gasteiger partial charge in [0.2, 0.25) is 0 Å². The van der Waals surface area contributed by atoms with Crippen molar-refractivity contribution in [3.05, 3.63) is 50.2 Å². The van der Waals surface area contributed by atoms with Crippen LogP contribution in [-0.4, -0.2) is 15.0 Å². The summed E-state index contributed by atoms with van der Waals surface area (Å²) in [6.07, 6.45) is 0. The van der Waals surface area contributed by atoms with Gasteiger partial charge in [-0.15, -0.1) is 0 Å². The molecule has 2 aromatic heterocycles. The minimum atomic E-state index is -0.135. The average molecular weight is 354 g/mol. The van der Waals surface area contributed by atoms with Gasteiger partial charge in [-0.3, -0.25) is 4.79 Å². The summed E-state index contributed by atoms with van der Waals surface area (Å²) in [5.74, 6) is 0.764. The van der Waals surface area contributed by atoms with Gasteiger partial charge in [-0.25, -0.2) is 9.97 Å². The van der Waals surface area contributed by atoms with E-state index in [2.05, 4.69) is 30.9 Å². The van der Waals surface area contributed by atoms with Crippen molar-refractivity contribution in [2.24, 2.45) is 0 Å². The fraction of sp³-hybridized carbons (Fsp3) is 0.0833. The van der Waals surface area contributed by atoms with Crippen molar-refractivity contribution in [1.29, 1.82) is 0 Å². The Balaban J connectivity index is 1.87. The number of halogens is 1. The van der Waals surface area contributed by atoms with Crippen LogP contribution in [0.15, 0.2) is 44.2 Å². The highest BCUT2D eigenvalue weighted by Crippen LogP contribution is 2.24. The number of thioether (sulfide) groups is 1. The van der Waals surface area contributed by atoms with Crippen LogP contribution in [0.4, 0.5) is 0 Å². The lowest BCUT2D eigenvalue weighted by Gasteiger charge is -2.00. The topological polar surface area (TPSA) is 58.6 Å². The van der Waals surface area contributed by atoms with Crippen molar-refractivity contribution in [3.8, 4) is 0 Å². The van der Waals surface area contributed by atoms with Crippen LogP contribution in [0.1, 0.15) is 5.56 Å². The van der Waals surface area contributed by atoms with Gasteiger partial charge in [-0.2, -0.15) is 0 Å². The van der Waals surface area contributed by atoms with Crippen molar-refractivity contribution < 1.29 is 0 Å². The average Bonchev–Trinajstić information content (AvgIpc) is 2.79. The van der Waals surface area contributed by atoms with Crippen LogP contribution in [-0.2, 0) is 5.75 Å². The Labute approximate surface area is 125 Å². The third kappa shape index (κ3) is 2.88. The molecule has 0 unspecified atom stereocenters. The maximum absolute atomic E-state index is 11.9. The van der Waals surface area contributed by atoms with Crippen LogP contribution < -0.4 is 5.56 Å². The van der Waals surface area contributed by atoms with E-state index in [1.807, 2.05) is 30.3 Å². The lowest BCUT2D eigenvalue weighted by molar-refractivity contribution is 0.966. The molecule has 0 saturated carbocycles. The number of rotatable bonds is 3. The number of fused-ring (bicyclic) bond motifs is 1. The van der Waals surface area contributed by atoms with E-state index in [1.165, 1.54) is 28.7 Å². The minimum Gasteiger partial charge on any atom is -0.300 e. The molecule has 0 spiro atoms. The Morgan fingerprint density at radius 1 is 1.26 bits per heavy atom. The maximum Gasteiger partial charge on any atom is 0.271 e. The van der Waals surface area contributed by atoms with E-state index in [0.29, 0.717) is 19.4 Å². The summed E-state index contributed by atoms with van der Waals surface area (Å²) in [4.78, 5) is 23.2. The van der Waals surface area contributed by atoms with E-state index in [1.54, 1.807) is 0 Å². The van der Waals surface area contributed by atoms with Gasteiger partial charge < -0.3 is 4.98 Å². The highest BCUT2D eigenvalue weighted by atomic mass is 79.9. The molecule has 0 aliphatic heterocycles. The van der Waals surface area contributed by atoms with Crippen molar-refractivity contribution in [1.82, 2.24) is 15.0 Å². The first-order valence-corrected chi connectivity index (χ1v) is 8.05. The zero-order valence-corrected chi connectivity index (χ0v) is 12.8. The third-order valence-corrected chi connectivity index (χ3v) is 4.87. The Kier molecular flexibility index (Phi) is 3.67. The first-order valence-electron chi connectivity index (χ1n) is 5.45. The van der Waals surface area contributed by atoms with E-state index >= 15 is 0 Å². The van der Waals surface area contributed by atoms with E-state index in [-0.39, 0.29) is 5.56 Å². The molecule has 0 amide bonds. The van der Waals surface area contributed by atoms with E-state index in [9.17, 15) is 4.79 Å². The highest BCUT2D eigenvalue weighted by molar-refractivity contribution is 9.11. The van der Waals surface area contributed by atoms with Crippen LogP contribution in [0, 0.1) is 0 Å². The van der Waals surface area contributed by atoms with Gasteiger partial charge in [0, 0.05) is 5.75 Å². The quantitative estimate of drug-likeness (QED) is 0.578. The van der Waals surface area contributed by atoms with Gasteiger partial charge in [0.05, 0.1) is 0 Å². The molecule has 0 aliphatic rings. The number of thiazole rings is 1. The molecule has 2 heterocycles. The van der Waals surface area contributed by atoms with Gasteiger partial charge in [0.1, 0.15) is 4.70 Å². The zero-order chi connectivity index (χ0) is 13.2. The van der Waals surface area contributed by atoms with Crippen LogP contribution in [0.5, 0.6) is 0 Å². The molecule has 19 heavy (non-hydrogen) atoms. The van der Waals surface area contributed by atoms with Crippen LogP contribution in [0.25, 0.3) is 10.3 Å². The van der Waals surface area contributed by atoms with Crippen molar-refractivity contribution in [3.63, 3.8) is 0 Å². The Bertz CT molecular complexity index is 769. The second-order valence-electron chi connectivity index (χ2n) is 3.76. The SMILES string of the molecule is O=c1[nH]c(SCc2ccccc2)nc2nc(Br)sc12. The summed E-state index contributed by atoms with van der Waals surface area (Å²) in [5, 5.41) is 0.596. The van der Waals surface area contributed by atoms with Crippen LogP contribution in [0.3, 0.4) is 0 Å². The van der Waals surface area contributed by atoms with Gasteiger partial charge in [0.15, 0.2) is 14.7 Å².